The Hall–Kier alpha value is -3.33. The molecule has 2 aliphatic rings. The summed E-state index contributed by atoms with van der Waals surface area (Å²) in [5.41, 5.74) is -0.292. The van der Waals surface area contributed by atoms with Crippen LogP contribution in [0, 0.1) is 16.6 Å². The van der Waals surface area contributed by atoms with Gasteiger partial charge in [-0.05, 0) is 75.1 Å². The Bertz CT molecular complexity index is 1270. The highest BCUT2D eigenvalue weighted by Crippen LogP contribution is 2.40. The minimum Gasteiger partial charge on any atom is -0.496 e. The Morgan fingerprint density at radius 3 is 2.31 bits per heavy atom. The molecule has 0 unspecified atom stereocenters. The molecule has 2 amide bonds. The van der Waals surface area contributed by atoms with E-state index >= 15 is 0 Å². The maximum Gasteiger partial charge on any atom is 0.309 e. The van der Waals surface area contributed by atoms with E-state index in [9.17, 15) is 23.9 Å². The Morgan fingerprint density at radius 1 is 1.03 bits per heavy atom. The first-order valence-corrected chi connectivity index (χ1v) is 13.5. The second-order valence-electron chi connectivity index (χ2n) is 11.2. The summed E-state index contributed by atoms with van der Waals surface area (Å²) in [7, 11) is 1.32. The Morgan fingerprint density at radius 2 is 1.72 bits per heavy atom. The molecule has 2 aromatic rings. The molecule has 0 heterocycles. The van der Waals surface area contributed by atoms with Crippen molar-refractivity contribution in [1.82, 2.24) is 5.32 Å². The number of aliphatic carboxylic acids is 1. The van der Waals surface area contributed by atoms with Crippen LogP contribution in [0.3, 0.4) is 0 Å². The number of amides is 2. The van der Waals surface area contributed by atoms with Crippen LogP contribution in [0.2, 0.25) is 5.02 Å². The number of carboxylic acid groups (broad SMARTS) is 1. The first-order valence-electron chi connectivity index (χ1n) is 13.1. The van der Waals surface area contributed by atoms with E-state index in [0.29, 0.717) is 37.3 Å². The summed E-state index contributed by atoms with van der Waals surface area (Å²) in [6.07, 6.45) is 4.52. The molecule has 0 bridgehead atoms. The number of ether oxygens (including phenoxy) is 2. The van der Waals surface area contributed by atoms with Gasteiger partial charge in [0.25, 0.3) is 11.8 Å². The van der Waals surface area contributed by atoms with Crippen LogP contribution in [0.5, 0.6) is 11.5 Å². The van der Waals surface area contributed by atoms with Crippen molar-refractivity contribution in [3.05, 3.63) is 52.3 Å². The number of methoxy groups -OCH3 is 1. The summed E-state index contributed by atoms with van der Waals surface area (Å²) in [5, 5.41) is 15.5. The van der Waals surface area contributed by atoms with Gasteiger partial charge in [-0.15, -0.1) is 0 Å². The van der Waals surface area contributed by atoms with Gasteiger partial charge < -0.3 is 25.2 Å². The molecular weight excluding hydrogens is 527 g/mol. The zero-order valence-corrected chi connectivity index (χ0v) is 23.1. The first-order chi connectivity index (χ1) is 18.4. The minimum atomic E-state index is -0.858. The Balaban J connectivity index is 1.51. The smallest absolute Gasteiger partial charge is 0.309 e. The van der Waals surface area contributed by atoms with E-state index in [1.54, 1.807) is 13.0 Å². The normalized spacial score (nSPS) is 21.8. The van der Waals surface area contributed by atoms with Gasteiger partial charge in [0.1, 0.15) is 5.75 Å². The molecule has 0 atom stereocenters. The zero-order valence-electron chi connectivity index (χ0n) is 22.4. The van der Waals surface area contributed by atoms with E-state index in [1.807, 2.05) is 0 Å². The fraction of sp³-hybridized carbons (Fsp3) is 0.483. The predicted molar refractivity (Wildman–Crippen MR) is 145 cm³/mol. The third-order valence-corrected chi connectivity index (χ3v) is 8.29. The molecule has 210 valence electrons. The number of hydrogen-bond acceptors (Lipinski definition) is 5. The summed E-state index contributed by atoms with van der Waals surface area (Å²) in [4.78, 5) is 37.9. The Labute approximate surface area is 232 Å². The molecule has 0 radical (unpaired) electrons. The Kier molecular flexibility index (Phi) is 8.39. The van der Waals surface area contributed by atoms with Crippen LogP contribution in [0.15, 0.2) is 30.3 Å². The zero-order chi connectivity index (χ0) is 28.4. The standard InChI is InChI=1S/C29H34ClFN2O6/c1-28(9-4-10-28)16-32-25(34)19-13-17(30)5-6-22(19)33-26(35)20-14-24(21(31)15-23(20)38-3)39-18-7-11-29(2,12-8-18)27(36)37/h5-6,13-15,18H,4,7-12,16H2,1-3H3,(H,32,34)(H,33,35)(H,36,37)/t18-,29+. The van der Waals surface area contributed by atoms with Gasteiger partial charge in [-0.1, -0.05) is 24.9 Å². The molecule has 2 saturated carbocycles. The fourth-order valence-electron chi connectivity index (χ4n) is 5.06. The van der Waals surface area contributed by atoms with Crippen LogP contribution in [-0.4, -0.2) is 42.6 Å². The lowest BCUT2D eigenvalue weighted by Gasteiger charge is -2.38. The van der Waals surface area contributed by atoms with Crippen molar-refractivity contribution in [3.8, 4) is 11.5 Å². The van der Waals surface area contributed by atoms with E-state index in [2.05, 4.69) is 17.6 Å². The summed E-state index contributed by atoms with van der Waals surface area (Å²) in [5.74, 6) is -2.68. The van der Waals surface area contributed by atoms with Crippen molar-refractivity contribution in [1.29, 1.82) is 0 Å². The summed E-state index contributed by atoms with van der Waals surface area (Å²) < 4.78 is 26.0. The fourth-order valence-corrected chi connectivity index (χ4v) is 5.23. The van der Waals surface area contributed by atoms with Gasteiger partial charge in [-0.25, -0.2) is 4.39 Å². The highest BCUT2D eigenvalue weighted by atomic mass is 35.5. The second-order valence-corrected chi connectivity index (χ2v) is 11.6. The monoisotopic (exact) mass is 560 g/mol. The summed E-state index contributed by atoms with van der Waals surface area (Å²) in [6.45, 7) is 4.34. The van der Waals surface area contributed by atoms with Gasteiger partial charge in [0.15, 0.2) is 11.6 Å². The predicted octanol–water partition coefficient (Wildman–Crippen LogP) is 6.07. The van der Waals surface area contributed by atoms with Gasteiger partial charge in [-0.3, -0.25) is 14.4 Å². The molecule has 0 aromatic heterocycles. The van der Waals surface area contributed by atoms with Gasteiger partial charge >= 0.3 is 5.97 Å². The molecule has 10 heteroatoms. The number of hydrogen-bond donors (Lipinski definition) is 3. The van der Waals surface area contributed by atoms with Crippen molar-refractivity contribution in [2.75, 3.05) is 19.0 Å². The molecule has 0 saturated heterocycles. The lowest BCUT2D eigenvalue weighted by molar-refractivity contribution is -0.150. The number of benzene rings is 2. The van der Waals surface area contributed by atoms with Crippen molar-refractivity contribution in [3.63, 3.8) is 0 Å². The van der Waals surface area contributed by atoms with Crippen molar-refractivity contribution >= 4 is 35.1 Å². The van der Waals surface area contributed by atoms with Gasteiger partial charge in [0.2, 0.25) is 0 Å². The number of nitrogens with one attached hydrogen (secondary N) is 2. The van der Waals surface area contributed by atoms with Crippen molar-refractivity contribution < 1.29 is 33.4 Å². The highest BCUT2D eigenvalue weighted by molar-refractivity contribution is 6.31. The van der Waals surface area contributed by atoms with Crippen LogP contribution < -0.4 is 20.1 Å². The lowest BCUT2D eigenvalue weighted by Crippen LogP contribution is -2.40. The maximum atomic E-state index is 14.9. The minimum absolute atomic E-state index is 0.00248. The van der Waals surface area contributed by atoms with E-state index < -0.39 is 23.1 Å². The summed E-state index contributed by atoms with van der Waals surface area (Å²) in [6, 6.07) is 6.92. The van der Waals surface area contributed by atoms with Gasteiger partial charge in [0.05, 0.1) is 35.4 Å². The summed E-state index contributed by atoms with van der Waals surface area (Å²) >= 11 is 6.15. The molecule has 8 nitrogen and oxygen atoms in total. The molecular formula is C29H34ClFN2O6. The molecule has 39 heavy (non-hydrogen) atoms. The molecule has 0 aliphatic heterocycles. The van der Waals surface area contributed by atoms with Crippen molar-refractivity contribution in [2.24, 2.45) is 10.8 Å². The number of carbonyl (C=O) groups is 3. The van der Waals surface area contributed by atoms with Gasteiger partial charge in [-0.2, -0.15) is 0 Å². The van der Waals surface area contributed by atoms with Crippen LogP contribution >= 0.6 is 11.6 Å². The van der Waals surface area contributed by atoms with Gasteiger partial charge in [0, 0.05) is 17.6 Å². The largest absolute Gasteiger partial charge is 0.496 e. The average molecular weight is 561 g/mol. The quantitative estimate of drug-likeness (QED) is 0.343. The van der Waals surface area contributed by atoms with E-state index in [-0.39, 0.29) is 45.7 Å². The molecule has 3 N–H and O–H groups in total. The topological polar surface area (TPSA) is 114 Å². The number of halogens is 2. The van der Waals surface area contributed by atoms with Crippen LogP contribution in [0.4, 0.5) is 10.1 Å². The highest BCUT2D eigenvalue weighted by Gasteiger charge is 2.38. The van der Waals surface area contributed by atoms with Crippen LogP contribution in [-0.2, 0) is 4.79 Å². The molecule has 4 rings (SSSR count). The third-order valence-electron chi connectivity index (χ3n) is 8.06. The number of rotatable bonds is 9. The number of carbonyl (C=O) groups excluding carboxylic acids is 2. The lowest BCUT2D eigenvalue weighted by atomic mass is 9.70. The van der Waals surface area contributed by atoms with E-state index in [0.717, 1.165) is 25.3 Å². The number of anilines is 1. The van der Waals surface area contributed by atoms with E-state index in [4.69, 9.17) is 21.1 Å². The number of carboxylic acids is 1. The second kappa shape index (κ2) is 11.4. The maximum absolute atomic E-state index is 14.9. The van der Waals surface area contributed by atoms with Crippen LogP contribution in [0.1, 0.15) is 79.5 Å². The average Bonchev–Trinajstić information content (AvgIpc) is 2.89. The molecule has 0 spiro atoms. The molecule has 2 fully saturated rings. The van der Waals surface area contributed by atoms with Crippen molar-refractivity contribution in [2.45, 2.75) is 64.9 Å². The van der Waals surface area contributed by atoms with E-state index in [1.165, 1.54) is 25.3 Å². The SMILES string of the molecule is COc1cc(F)c(O[C@H]2CC[C@@](C)(C(=O)O)CC2)cc1C(=O)Nc1ccc(Cl)cc1C(=O)NCC1(C)CCC1. The third kappa shape index (κ3) is 6.46. The van der Waals surface area contributed by atoms with Crippen LogP contribution in [0.25, 0.3) is 0 Å². The first kappa shape index (κ1) is 28.7. The molecule has 2 aliphatic carbocycles. The molecule has 2 aromatic carbocycles.